The molecule has 120 valence electrons. The average molecular weight is 309 g/mol. The lowest BCUT2D eigenvalue weighted by molar-refractivity contribution is 0.246. The Balaban J connectivity index is 1.69. The van der Waals surface area contributed by atoms with Gasteiger partial charge in [0, 0.05) is 30.7 Å². The van der Waals surface area contributed by atoms with Gasteiger partial charge < -0.3 is 15.2 Å². The molecule has 0 bridgehead atoms. The Morgan fingerprint density at radius 1 is 1.09 bits per heavy atom. The maximum Gasteiger partial charge on any atom is 0.123 e. The van der Waals surface area contributed by atoms with Gasteiger partial charge in [-0.25, -0.2) is 0 Å². The molecule has 2 aromatic carbocycles. The molecular weight excluding hydrogens is 286 g/mol. The van der Waals surface area contributed by atoms with Crippen LogP contribution in [0.1, 0.15) is 12.0 Å². The summed E-state index contributed by atoms with van der Waals surface area (Å²) in [5, 5.41) is 12.7. The maximum absolute atomic E-state index is 9.19. The van der Waals surface area contributed by atoms with Crippen molar-refractivity contribution in [1.82, 2.24) is 5.32 Å². The minimum Gasteiger partial charge on any atom is -0.496 e. The predicted octanol–water partition coefficient (Wildman–Crippen LogP) is 3.39. The third-order valence-corrected chi connectivity index (χ3v) is 4.36. The van der Waals surface area contributed by atoms with Crippen molar-refractivity contribution in [1.29, 1.82) is 0 Å². The highest BCUT2D eigenvalue weighted by molar-refractivity contribution is 5.66. The zero-order chi connectivity index (χ0) is 16.1. The van der Waals surface area contributed by atoms with Crippen LogP contribution < -0.4 is 10.1 Å². The molecule has 3 nitrogen and oxygen atoms in total. The highest BCUT2D eigenvalue weighted by Gasteiger charge is 2.18. The predicted molar refractivity (Wildman–Crippen MR) is 93.4 cm³/mol. The molecule has 0 heterocycles. The molecule has 1 aliphatic rings. The van der Waals surface area contributed by atoms with E-state index in [1.807, 2.05) is 18.2 Å². The summed E-state index contributed by atoms with van der Waals surface area (Å²) in [6.07, 6.45) is 5.19. The lowest BCUT2D eigenvalue weighted by Gasteiger charge is -2.15. The summed E-state index contributed by atoms with van der Waals surface area (Å²) in [5.74, 6) is 1.19. The molecule has 2 aromatic rings. The monoisotopic (exact) mass is 309 g/mol. The van der Waals surface area contributed by atoms with Crippen LogP contribution in [-0.4, -0.2) is 24.9 Å². The topological polar surface area (TPSA) is 41.5 Å². The van der Waals surface area contributed by atoms with E-state index in [0.717, 1.165) is 29.8 Å². The lowest BCUT2D eigenvalue weighted by atomic mass is 10.0. The van der Waals surface area contributed by atoms with Crippen LogP contribution in [0.5, 0.6) is 5.75 Å². The summed E-state index contributed by atoms with van der Waals surface area (Å²) in [6, 6.07) is 17.0. The van der Waals surface area contributed by atoms with Crippen LogP contribution in [0.4, 0.5) is 0 Å². The molecule has 23 heavy (non-hydrogen) atoms. The average Bonchev–Trinajstić information content (AvgIpc) is 3.08. The largest absolute Gasteiger partial charge is 0.496 e. The van der Waals surface area contributed by atoms with Gasteiger partial charge >= 0.3 is 0 Å². The van der Waals surface area contributed by atoms with Crippen LogP contribution in [0.15, 0.2) is 60.7 Å². The van der Waals surface area contributed by atoms with Crippen molar-refractivity contribution in [2.75, 3.05) is 13.7 Å². The highest BCUT2D eigenvalue weighted by atomic mass is 16.5. The van der Waals surface area contributed by atoms with Gasteiger partial charge in [-0.05, 0) is 23.6 Å². The van der Waals surface area contributed by atoms with Crippen molar-refractivity contribution in [2.45, 2.75) is 19.0 Å². The summed E-state index contributed by atoms with van der Waals surface area (Å²) in [5.41, 5.74) is 3.50. The number of rotatable bonds is 6. The summed E-state index contributed by atoms with van der Waals surface area (Å²) in [4.78, 5) is 0. The van der Waals surface area contributed by atoms with E-state index in [0.29, 0.717) is 6.04 Å². The molecule has 2 N–H and O–H groups in total. The quantitative estimate of drug-likeness (QED) is 0.804. The van der Waals surface area contributed by atoms with Crippen LogP contribution in [0.2, 0.25) is 0 Å². The van der Waals surface area contributed by atoms with E-state index >= 15 is 0 Å². The van der Waals surface area contributed by atoms with Gasteiger partial charge in [-0.3, -0.25) is 0 Å². The van der Waals surface area contributed by atoms with Crippen LogP contribution in [0.25, 0.3) is 11.1 Å². The molecule has 1 aliphatic carbocycles. The van der Waals surface area contributed by atoms with E-state index in [1.165, 1.54) is 5.56 Å². The van der Waals surface area contributed by atoms with Crippen LogP contribution in [0.3, 0.4) is 0 Å². The van der Waals surface area contributed by atoms with Crippen molar-refractivity contribution >= 4 is 0 Å². The van der Waals surface area contributed by atoms with Crippen LogP contribution >= 0.6 is 0 Å². The molecule has 0 amide bonds. The molecule has 0 fully saturated rings. The Morgan fingerprint density at radius 2 is 1.91 bits per heavy atom. The first-order valence-electron chi connectivity index (χ1n) is 8.05. The van der Waals surface area contributed by atoms with E-state index in [1.54, 1.807) is 7.11 Å². The number of ether oxygens (including phenoxy) is 1. The van der Waals surface area contributed by atoms with Gasteiger partial charge in [-0.2, -0.15) is 0 Å². The van der Waals surface area contributed by atoms with Gasteiger partial charge in [0.25, 0.3) is 0 Å². The van der Waals surface area contributed by atoms with Gasteiger partial charge in [-0.1, -0.05) is 54.6 Å². The minimum absolute atomic E-state index is 0.226. The molecule has 0 aromatic heterocycles. The first kappa shape index (κ1) is 15.8. The molecular formula is C20H23NO2. The zero-order valence-electron chi connectivity index (χ0n) is 13.4. The first-order valence-corrected chi connectivity index (χ1v) is 8.05. The molecule has 0 saturated carbocycles. The molecule has 0 unspecified atom stereocenters. The Labute approximate surface area is 137 Å². The van der Waals surface area contributed by atoms with Crippen molar-refractivity contribution in [2.24, 2.45) is 5.92 Å². The smallest absolute Gasteiger partial charge is 0.123 e. The fourth-order valence-corrected chi connectivity index (χ4v) is 3.00. The Hall–Kier alpha value is -2.10. The zero-order valence-corrected chi connectivity index (χ0v) is 13.4. The van der Waals surface area contributed by atoms with E-state index in [9.17, 15) is 5.11 Å². The van der Waals surface area contributed by atoms with Gasteiger partial charge in [0.2, 0.25) is 0 Å². The van der Waals surface area contributed by atoms with Gasteiger partial charge in [0.1, 0.15) is 5.75 Å². The number of nitrogens with one attached hydrogen (secondary N) is 1. The van der Waals surface area contributed by atoms with Crippen molar-refractivity contribution in [3.63, 3.8) is 0 Å². The molecule has 2 atom stereocenters. The van der Waals surface area contributed by atoms with Crippen molar-refractivity contribution < 1.29 is 9.84 Å². The third kappa shape index (κ3) is 3.81. The fourth-order valence-electron chi connectivity index (χ4n) is 3.00. The van der Waals surface area contributed by atoms with E-state index < -0.39 is 0 Å². The number of benzene rings is 2. The second-order valence-corrected chi connectivity index (χ2v) is 5.94. The molecule has 0 spiro atoms. The Morgan fingerprint density at radius 3 is 2.61 bits per heavy atom. The van der Waals surface area contributed by atoms with Gasteiger partial charge in [0.15, 0.2) is 0 Å². The normalized spacial score (nSPS) is 19.9. The summed E-state index contributed by atoms with van der Waals surface area (Å²) >= 11 is 0. The van der Waals surface area contributed by atoms with Crippen LogP contribution in [-0.2, 0) is 6.54 Å². The molecule has 3 rings (SSSR count). The van der Waals surface area contributed by atoms with Crippen LogP contribution in [0, 0.1) is 5.92 Å². The molecule has 3 heteroatoms. The standard InChI is InChI=1S/C20H23NO2/c1-23-20-12-17(16-5-3-2-4-6-16)8-9-18(20)13-21-19-10-7-15(11-19)14-22/h2-10,12,15,19,21-22H,11,13-14H2,1H3/t15-,19+/m0/s1. The molecule has 0 radical (unpaired) electrons. The highest BCUT2D eigenvalue weighted by Crippen LogP contribution is 2.27. The first-order chi connectivity index (χ1) is 11.3. The second-order valence-electron chi connectivity index (χ2n) is 5.94. The Kier molecular flexibility index (Phi) is 5.11. The number of aliphatic hydroxyl groups excluding tert-OH is 1. The lowest BCUT2D eigenvalue weighted by Crippen LogP contribution is -2.26. The molecule has 0 saturated heterocycles. The SMILES string of the molecule is COc1cc(-c2ccccc2)ccc1CN[C@@H]1C=C[C@H](CO)C1. The number of aliphatic hydroxyl groups is 1. The Bertz CT molecular complexity index is 667. The van der Waals surface area contributed by atoms with E-state index in [-0.39, 0.29) is 12.5 Å². The van der Waals surface area contributed by atoms with Gasteiger partial charge in [-0.15, -0.1) is 0 Å². The fraction of sp³-hybridized carbons (Fsp3) is 0.300. The van der Waals surface area contributed by atoms with Gasteiger partial charge in [0.05, 0.1) is 7.11 Å². The number of hydrogen-bond acceptors (Lipinski definition) is 3. The number of hydrogen-bond donors (Lipinski definition) is 2. The van der Waals surface area contributed by atoms with E-state index in [4.69, 9.17) is 4.74 Å². The molecule has 0 aliphatic heterocycles. The summed E-state index contributed by atoms with van der Waals surface area (Å²) in [7, 11) is 1.71. The van der Waals surface area contributed by atoms with E-state index in [2.05, 4.69) is 47.8 Å². The number of methoxy groups -OCH3 is 1. The maximum atomic E-state index is 9.19. The second kappa shape index (κ2) is 7.44. The van der Waals surface area contributed by atoms with Crippen molar-refractivity contribution in [3.8, 4) is 16.9 Å². The third-order valence-electron chi connectivity index (χ3n) is 4.36. The summed E-state index contributed by atoms with van der Waals surface area (Å²) in [6.45, 7) is 0.981. The minimum atomic E-state index is 0.226. The van der Waals surface area contributed by atoms with Crippen molar-refractivity contribution in [3.05, 3.63) is 66.2 Å². The summed E-state index contributed by atoms with van der Waals surface area (Å²) < 4.78 is 5.57.